The Bertz CT molecular complexity index is 276. The van der Waals surface area contributed by atoms with Crippen LogP contribution in [0.25, 0.3) is 0 Å². The fourth-order valence-corrected chi connectivity index (χ4v) is 1.83. The standard InChI is InChI=1S/C10H15ClN2S/c1-3-9(13(14)4-2)8-5-6-10(11)12-7-8/h5-7,9,14H,3-4H2,1-2H3. The monoisotopic (exact) mass is 230 g/mol. The summed E-state index contributed by atoms with van der Waals surface area (Å²) in [5.74, 6) is 0. The summed E-state index contributed by atoms with van der Waals surface area (Å²) >= 11 is 10.1. The highest BCUT2D eigenvalue weighted by molar-refractivity contribution is 7.77. The van der Waals surface area contributed by atoms with E-state index in [-0.39, 0.29) is 0 Å². The number of nitrogens with zero attached hydrogens (tertiary/aromatic N) is 2. The Morgan fingerprint density at radius 3 is 2.64 bits per heavy atom. The Labute approximate surface area is 95.8 Å². The zero-order valence-electron chi connectivity index (χ0n) is 8.44. The van der Waals surface area contributed by atoms with Gasteiger partial charge < -0.3 is 0 Å². The molecule has 0 aromatic carbocycles. The van der Waals surface area contributed by atoms with Crippen LogP contribution in [-0.2, 0) is 0 Å². The van der Waals surface area contributed by atoms with E-state index in [0.29, 0.717) is 11.2 Å². The number of hydrogen-bond donors (Lipinski definition) is 1. The molecule has 0 fully saturated rings. The van der Waals surface area contributed by atoms with Gasteiger partial charge in [-0.25, -0.2) is 9.29 Å². The summed E-state index contributed by atoms with van der Waals surface area (Å²) in [5, 5.41) is 0.533. The molecule has 4 heteroatoms. The van der Waals surface area contributed by atoms with E-state index >= 15 is 0 Å². The van der Waals surface area contributed by atoms with Crippen molar-refractivity contribution in [2.24, 2.45) is 0 Å². The first-order valence-electron chi connectivity index (χ1n) is 4.76. The van der Waals surface area contributed by atoms with Crippen LogP contribution < -0.4 is 0 Å². The molecule has 0 saturated heterocycles. The molecule has 0 aliphatic carbocycles. The molecule has 0 saturated carbocycles. The van der Waals surface area contributed by atoms with Crippen LogP contribution in [0.3, 0.4) is 0 Å². The Morgan fingerprint density at radius 1 is 1.50 bits per heavy atom. The lowest BCUT2D eigenvalue weighted by atomic mass is 10.1. The lowest BCUT2D eigenvalue weighted by Gasteiger charge is -2.24. The first kappa shape index (κ1) is 11.8. The number of pyridine rings is 1. The van der Waals surface area contributed by atoms with Gasteiger partial charge in [-0.2, -0.15) is 0 Å². The van der Waals surface area contributed by atoms with Gasteiger partial charge in [-0.3, -0.25) is 0 Å². The summed E-state index contributed by atoms with van der Waals surface area (Å²) in [6.45, 7) is 5.13. The first-order chi connectivity index (χ1) is 6.69. The third kappa shape index (κ3) is 2.87. The second-order valence-corrected chi connectivity index (χ2v) is 4.00. The molecular formula is C10H15ClN2S. The molecule has 1 atom stereocenters. The van der Waals surface area contributed by atoms with Crippen molar-refractivity contribution in [2.45, 2.75) is 26.3 Å². The average molecular weight is 231 g/mol. The maximum absolute atomic E-state index is 5.73. The van der Waals surface area contributed by atoms with E-state index in [1.165, 1.54) is 0 Å². The van der Waals surface area contributed by atoms with Crippen LogP contribution in [0.2, 0.25) is 5.15 Å². The maximum Gasteiger partial charge on any atom is 0.129 e. The van der Waals surface area contributed by atoms with Gasteiger partial charge in [0.1, 0.15) is 5.15 Å². The molecule has 14 heavy (non-hydrogen) atoms. The summed E-state index contributed by atoms with van der Waals surface area (Å²) in [6, 6.07) is 4.13. The maximum atomic E-state index is 5.73. The van der Waals surface area contributed by atoms with Gasteiger partial charge in [-0.15, -0.1) is 0 Å². The second-order valence-electron chi connectivity index (χ2n) is 3.09. The van der Waals surface area contributed by atoms with E-state index in [1.807, 2.05) is 22.6 Å². The SMILES string of the molecule is CCC(c1ccc(Cl)nc1)N(S)CC. The van der Waals surface area contributed by atoms with Gasteiger partial charge >= 0.3 is 0 Å². The van der Waals surface area contributed by atoms with Crippen LogP contribution in [0.5, 0.6) is 0 Å². The molecule has 0 aliphatic rings. The van der Waals surface area contributed by atoms with Crippen molar-refractivity contribution in [1.29, 1.82) is 0 Å². The van der Waals surface area contributed by atoms with Crippen molar-refractivity contribution in [1.82, 2.24) is 9.29 Å². The fourth-order valence-electron chi connectivity index (χ4n) is 1.42. The molecule has 1 unspecified atom stereocenters. The molecule has 0 radical (unpaired) electrons. The van der Waals surface area contributed by atoms with Crippen molar-refractivity contribution >= 4 is 24.4 Å². The molecule has 0 aliphatic heterocycles. The summed E-state index contributed by atoms with van der Waals surface area (Å²) in [4.78, 5) is 4.07. The summed E-state index contributed by atoms with van der Waals surface area (Å²) in [7, 11) is 0. The second kappa shape index (κ2) is 5.59. The number of halogens is 1. The number of thiol groups is 1. The lowest BCUT2D eigenvalue weighted by molar-refractivity contribution is 0.369. The fraction of sp³-hybridized carbons (Fsp3) is 0.500. The van der Waals surface area contributed by atoms with Gasteiger partial charge in [0.25, 0.3) is 0 Å². The van der Waals surface area contributed by atoms with Crippen LogP contribution in [0, 0.1) is 0 Å². The number of aromatic nitrogens is 1. The van der Waals surface area contributed by atoms with Crippen molar-refractivity contribution in [2.75, 3.05) is 6.54 Å². The highest BCUT2D eigenvalue weighted by Gasteiger charge is 2.14. The van der Waals surface area contributed by atoms with Crippen molar-refractivity contribution in [3.8, 4) is 0 Å². The van der Waals surface area contributed by atoms with Crippen LogP contribution in [0.4, 0.5) is 0 Å². The third-order valence-electron chi connectivity index (χ3n) is 2.21. The molecule has 0 N–H and O–H groups in total. The van der Waals surface area contributed by atoms with Crippen LogP contribution in [-0.4, -0.2) is 15.8 Å². The molecule has 1 heterocycles. The van der Waals surface area contributed by atoms with Crippen molar-refractivity contribution in [3.05, 3.63) is 29.0 Å². The molecule has 0 bridgehead atoms. The lowest BCUT2D eigenvalue weighted by Crippen LogP contribution is -2.18. The minimum Gasteiger partial charge on any atom is -0.246 e. The Balaban J connectivity index is 2.84. The van der Waals surface area contributed by atoms with Gasteiger partial charge in [0.2, 0.25) is 0 Å². The third-order valence-corrected chi connectivity index (χ3v) is 2.99. The minimum atomic E-state index is 0.313. The van der Waals surface area contributed by atoms with E-state index in [9.17, 15) is 0 Å². The summed E-state index contributed by atoms with van der Waals surface area (Å²) in [5.41, 5.74) is 1.16. The molecule has 2 nitrogen and oxygen atoms in total. The van der Waals surface area contributed by atoms with Crippen LogP contribution in [0.1, 0.15) is 31.9 Å². The molecular weight excluding hydrogens is 216 g/mol. The quantitative estimate of drug-likeness (QED) is 0.631. The zero-order valence-corrected chi connectivity index (χ0v) is 10.1. The van der Waals surface area contributed by atoms with Crippen molar-refractivity contribution < 1.29 is 0 Å². The molecule has 1 aromatic heterocycles. The Morgan fingerprint density at radius 2 is 2.21 bits per heavy atom. The number of rotatable bonds is 4. The molecule has 1 aromatic rings. The topological polar surface area (TPSA) is 16.1 Å². The first-order valence-corrected chi connectivity index (χ1v) is 5.53. The van der Waals surface area contributed by atoms with Gasteiger partial charge in [-0.05, 0) is 18.1 Å². The molecule has 0 amide bonds. The van der Waals surface area contributed by atoms with E-state index in [1.54, 1.807) is 0 Å². The Hall–Kier alpha value is -0.250. The summed E-state index contributed by atoms with van der Waals surface area (Å²) in [6.07, 6.45) is 2.83. The van der Waals surface area contributed by atoms with Crippen LogP contribution in [0.15, 0.2) is 18.3 Å². The minimum absolute atomic E-state index is 0.313. The predicted molar refractivity (Wildman–Crippen MR) is 63.6 cm³/mol. The van der Waals surface area contributed by atoms with Crippen LogP contribution >= 0.6 is 24.4 Å². The van der Waals surface area contributed by atoms with Gasteiger partial charge in [0.15, 0.2) is 0 Å². The molecule has 0 spiro atoms. The Kier molecular flexibility index (Phi) is 4.72. The largest absolute Gasteiger partial charge is 0.246 e. The predicted octanol–water partition coefficient (Wildman–Crippen LogP) is 3.35. The van der Waals surface area contributed by atoms with Crippen molar-refractivity contribution in [3.63, 3.8) is 0 Å². The highest BCUT2D eigenvalue weighted by atomic mass is 35.5. The molecule has 78 valence electrons. The molecule has 1 rings (SSSR count). The average Bonchev–Trinajstić information content (AvgIpc) is 2.21. The van der Waals surface area contributed by atoms with Gasteiger partial charge in [0.05, 0.1) is 0 Å². The van der Waals surface area contributed by atoms with Gasteiger partial charge in [-0.1, -0.05) is 44.3 Å². The summed E-state index contributed by atoms with van der Waals surface area (Å²) < 4.78 is 2.00. The van der Waals surface area contributed by atoms with Gasteiger partial charge in [0, 0.05) is 18.8 Å². The number of hydrogen-bond acceptors (Lipinski definition) is 3. The highest BCUT2D eigenvalue weighted by Crippen LogP contribution is 2.25. The smallest absolute Gasteiger partial charge is 0.129 e. The van der Waals surface area contributed by atoms with E-state index in [4.69, 9.17) is 11.6 Å². The van der Waals surface area contributed by atoms with E-state index < -0.39 is 0 Å². The van der Waals surface area contributed by atoms with E-state index in [2.05, 4.69) is 31.6 Å². The normalized spacial score (nSPS) is 13.2. The van der Waals surface area contributed by atoms with E-state index in [0.717, 1.165) is 18.5 Å². The zero-order chi connectivity index (χ0) is 10.6.